The van der Waals surface area contributed by atoms with Crippen molar-refractivity contribution in [1.82, 2.24) is 30.4 Å². The van der Waals surface area contributed by atoms with Gasteiger partial charge in [0.25, 0.3) is 0 Å². The molecular weight excluding hydrogens is 449 g/mol. The van der Waals surface area contributed by atoms with Gasteiger partial charge in [0.15, 0.2) is 0 Å². The highest BCUT2D eigenvalue weighted by Gasteiger charge is 2.35. The Hall–Kier alpha value is -2.89. The molecule has 1 saturated heterocycles. The molecule has 1 aliphatic carbocycles. The van der Waals surface area contributed by atoms with Gasteiger partial charge >= 0.3 is 6.18 Å². The van der Waals surface area contributed by atoms with Crippen LogP contribution in [0.2, 0.25) is 0 Å². The average Bonchev–Trinajstić information content (AvgIpc) is 3.12. The highest BCUT2D eigenvalue weighted by Crippen LogP contribution is 2.34. The van der Waals surface area contributed by atoms with Crippen LogP contribution in [-0.4, -0.2) is 51.8 Å². The van der Waals surface area contributed by atoms with Crippen molar-refractivity contribution in [2.75, 3.05) is 36.8 Å². The molecule has 3 heterocycles. The first kappa shape index (κ1) is 24.2. The van der Waals surface area contributed by atoms with E-state index in [0.29, 0.717) is 18.7 Å². The molecule has 1 aliphatic heterocycles. The Kier molecular flexibility index (Phi) is 7.54. The second-order valence-corrected chi connectivity index (χ2v) is 8.87. The number of alkyl halides is 3. The smallest absolute Gasteiger partial charge is 0.369 e. The van der Waals surface area contributed by atoms with Crippen molar-refractivity contribution in [2.45, 2.75) is 57.7 Å². The molecule has 0 radical (unpaired) electrons. The van der Waals surface area contributed by atoms with E-state index < -0.39 is 11.7 Å². The molecule has 4 N–H and O–H groups in total. The number of carbonyl (C=O) groups is 1. The SMILES string of the molecule is Cc1nn(C2CCNCC2)cc1Nc1ncc(C(F)(F)F)c(NCCCNC(=O)C2CCC2)n1. The molecule has 0 atom stereocenters. The molecule has 0 unspecified atom stereocenters. The molecule has 0 aromatic carbocycles. The van der Waals surface area contributed by atoms with Crippen molar-refractivity contribution >= 4 is 23.4 Å². The number of anilines is 3. The van der Waals surface area contributed by atoms with Gasteiger partial charge in [-0.05, 0) is 52.1 Å². The van der Waals surface area contributed by atoms with Crippen LogP contribution in [0, 0.1) is 12.8 Å². The topological polar surface area (TPSA) is 109 Å². The zero-order valence-electron chi connectivity index (χ0n) is 19.2. The number of aromatic nitrogens is 4. The molecule has 4 rings (SSSR count). The van der Waals surface area contributed by atoms with Crippen molar-refractivity contribution in [1.29, 1.82) is 0 Å². The van der Waals surface area contributed by atoms with Crippen molar-refractivity contribution in [3.63, 3.8) is 0 Å². The molecular formula is C22H31F3N8O. The summed E-state index contributed by atoms with van der Waals surface area (Å²) in [5.41, 5.74) is 0.445. The monoisotopic (exact) mass is 480 g/mol. The predicted molar refractivity (Wildman–Crippen MR) is 122 cm³/mol. The third-order valence-electron chi connectivity index (χ3n) is 6.36. The number of hydrogen-bond donors (Lipinski definition) is 4. The number of rotatable bonds is 9. The molecule has 9 nitrogen and oxygen atoms in total. The molecule has 0 spiro atoms. The zero-order chi connectivity index (χ0) is 24.1. The third kappa shape index (κ3) is 5.96. The van der Waals surface area contributed by atoms with E-state index in [1.165, 1.54) is 0 Å². The number of carbonyl (C=O) groups excluding carboxylic acids is 1. The fourth-order valence-corrected chi connectivity index (χ4v) is 4.09. The second kappa shape index (κ2) is 10.6. The number of aryl methyl sites for hydroxylation is 1. The normalized spacial score (nSPS) is 17.3. The first-order valence-corrected chi connectivity index (χ1v) is 11.8. The van der Waals surface area contributed by atoms with E-state index >= 15 is 0 Å². The van der Waals surface area contributed by atoms with Gasteiger partial charge in [-0.3, -0.25) is 9.48 Å². The summed E-state index contributed by atoms with van der Waals surface area (Å²) >= 11 is 0. The number of nitrogens with zero attached hydrogens (tertiary/aromatic N) is 4. The van der Waals surface area contributed by atoms with E-state index in [1.807, 2.05) is 17.8 Å². The summed E-state index contributed by atoms with van der Waals surface area (Å²) in [6, 6.07) is 0.283. The molecule has 1 amide bonds. The van der Waals surface area contributed by atoms with Crippen molar-refractivity contribution in [3.05, 3.63) is 23.7 Å². The standard InChI is InChI=1S/C22H31F3N8O/c1-14-18(13-33(32-14)16-6-10-26-11-7-16)30-21-29-12-17(22(23,24)25)19(31-21)27-8-3-9-28-20(34)15-4-2-5-15/h12-13,15-16,26H,2-11H2,1H3,(H,28,34)(H2,27,29,30,31). The summed E-state index contributed by atoms with van der Waals surface area (Å²) in [6.07, 6.45) is 3.34. The van der Waals surface area contributed by atoms with Crippen molar-refractivity contribution < 1.29 is 18.0 Å². The van der Waals surface area contributed by atoms with Crippen LogP contribution < -0.4 is 21.3 Å². The maximum absolute atomic E-state index is 13.5. The minimum atomic E-state index is -4.59. The predicted octanol–water partition coefficient (Wildman–Crippen LogP) is 3.39. The Bertz CT molecular complexity index is 983. The van der Waals surface area contributed by atoms with Gasteiger partial charge in [-0.2, -0.15) is 23.3 Å². The molecule has 2 aromatic heterocycles. The van der Waals surface area contributed by atoms with E-state index in [4.69, 9.17) is 0 Å². The Morgan fingerprint density at radius 2 is 1.97 bits per heavy atom. The number of piperidine rings is 1. The van der Waals surface area contributed by atoms with Crippen LogP contribution in [0.3, 0.4) is 0 Å². The van der Waals surface area contributed by atoms with Gasteiger partial charge in [0.05, 0.1) is 17.4 Å². The van der Waals surface area contributed by atoms with Gasteiger partial charge in [-0.1, -0.05) is 6.42 Å². The molecule has 0 bridgehead atoms. The summed E-state index contributed by atoms with van der Waals surface area (Å²) in [5.74, 6) is -0.125. The largest absolute Gasteiger partial charge is 0.421 e. The Morgan fingerprint density at radius 3 is 2.65 bits per heavy atom. The van der Waals surface area contributed by atoms with Crippen molar-refractivity contribution in [3.8, 4) is 0 Å². The van der Waals surface area contributed by atoms with Gasteiger partial charge < -0.3 is 21.3 Å². The van der Waals surface area contributed by atoms with Crippen LogP contribution in [-0.2, 0) is 11.0 Å². The second-order valence-electron chi connectivity index (χ2n) is 8.87. The number of amides is 1. The number of halogens is 3. The van der Waals surface area contributed by atoms with E-state index in [0.717, 1.165) is 57.1 Å². The highest BCUT2D eigenvalue weighted by atomic mass is 19.4. The lowest BCUT2D eigenvalue weighted by atomic mass is 9.85. The van der Waals surface area contributed by atoms with Gasteiger partial charge in [0.1, 0.15) is 11.4 Å². The Balaban J connectivity index is 1.39. The molecule has 2 aliphatic rings. The lowest BCUT2D eigenvalue weighted by molar-refractivity contribution is -0.137. The van der Waals surface area contributed by atoms with Crippen LogP contribution >= 0.6 is 0 Å². The van der Waals surface area contributed by atoms with Gasteiger partial charge in [-0.15, -0.1) is 0 Å². The van der Waals surface area contributed by atoms with E-state index in [-0.39, 0.29) is 36.2 Å². The van der Waals surface area contributed by atoms with Gasteiger partial charge in [0, 0.05) is 31.4 Å². The molecule has 2 fully saturated rings. The minimum Gasteiger partial charge on any atom is -0.369 e. The molecule has 186 valence electrons. The van der Waals surface area contributed by atoms with Crippen LogP contribution in [0.1, 0.15) is 55.8 Å². The molecule has 12 heteroatoms. The minimum absolute atomic E-state index is 0.0242. The Morgan fingerprint density at radius 1 is 1.21 bits per heavy atom. The van der Waals surface area contributed by atoms with E-state index in [1.54, 1.807) is 0 Å². The number of nitrogens with one attached hydrogen (secondary N) is 4. The lowest BCUT2D eigenvalue weighted by Crippen LogP contribution is -2.35. The Labute approximate surface area is 196 Å². The lowest BCUT2D eigenvalue weighted by Gasteiger charge is -2.24. The fourth-order valence-electron chi connectivity index (χ4n) is 4.09. The van der Waals surface area contributed by atoms with Crippen LogP contribution in [0.25, 0.3) is 0 Å². The first-order chi connectivity index (χ1) is 16.3. The van der Waals surface area contributed by atoms with E-state index in [9.17, 15) is 18.0 Å². The maximum Gasteiger partial charge on any atom is 0.421 e. The third-order valence-corrected chi connectivity index (χ3v) is 6.36. The average molecular weight is 481 g/mol. The highest BCUT2D eigenvalue weighted by molar-refractivity contribution is 5.79. The van der Waals surface area contributed by atoms with Gasteiger partial charge in [-0.25, -0.2) is 4.98 Å². The van der Waals surface area contributed by atoms with Crippen molar-refractivity contribution in [2.24, 2.45) is 5.92 Å². The summed E-state index contributed by atoms with van der Waals surface area (Å²) in [4.78, 5) is 19.8. The van der Waals surface area contributed by atoms with Gasteiger partial charge in [0.2, 0.25) is 11.9 Å². The summed E-state index contributed by atoms with van der Waals surface area (Å²) in [7, 11) is 0. The van der Waals surface area contributed by atoms with Crippen LogP contribution in [0.15, 0.2) is 12.4 Å². The molecule has 1 saturated carbocycles. The molecule has 34 heavy (non-hydrogen) atoms. The summed E-state index contributed by atoms with van der Waals surface area (Å²) in [5, 5.41) is 16.5. The first-order valence-electron chi connectivity index (χ1n) is 11.8. The van der Waals surface area contributed by atoms with Crippen LogP contribution in [0.4, 0.5) is 30.6 Å². The quantitative estimate of drug-likeness (QED) is 0.408. The number of hydrogen-bond acceptors (Lipinski definition) is 7. The van der Waals surface area contributed by atoms with Crippen LogP contribution in [0.5, 0.6) is 0 Å². The molecule has 2 aromatic rings. The summed E-state index contributed by atoms with van der Waals surface area (Å²) in [6.45, 7) is 4.31. The summed E-state index contributed by atoms with van der Waals surface area (Å²) < 4.78 is 42.3. The van der Waals surface area contributed by atoms with E-state index in [2.05, 4.69) is 36.3 Å². The zero-order valence-corrected chi connectivity index (χ0v) is 19.2. The maximum atomic E-state index is 13.5. The fraction of sp³-hybridized carbons (Fsp3) is 0.636.